The molecule has 3 N–H and O–H groups in total. The molecular weight excluding hydrogens is 562 g/mol. The van der Waals surface area contributed by atoms with Gasteiger partial charge in [-0.05, 0) is 67.9 Å². The first-order valence-electron chi connectivity index (χ1n) is 13.7. The Morgan fingerprint density at radius 3 is 2.40 bits per heavy atom. The molecular formula is C28H33ClF2N4O4S. The van der Waals surface area contributed by atoms with E-state index in [-0.39, 0.29) is 55.2 Å². The zero-order valence-corrected chi connectivity index (χ0v) is 23.5. The zero-order chi connectivity index (χ0) is 28.2. The highest BCUT2D eigenvalue weighted by Gasteiger charge is 2.38. The predicted molar refractivity (Wildman–Crippen MR) is 150 cm³/mol. The molecule has 2 aromatic rings. The van der Waals surface area contributed by atoms with Crippen molar-refractivity contribution in [3.05, 3.63) is 45.1 Å². The van der Waals surface area contributed by atoms with E-state index in [0.29, 0.717) is 21.0 Å². The number of carbonyl (C=O) groups is 3. The second-order valence-electron chi connectivity index (χ2n) is 10.6. The molecule has 0 spiro atoms. The van der Waals surface area contributed by atoms with E-state index in [0.717, 1.165) is 49.9 Å². The lowest BCUT2D eigenvalue weighted by Gasteiger charge is -2.44. The summed E-state index contributed by atoms with van der Waals surface area (Å²) in [5.41, 5.74) is -0.0492. The Kier molecular flexibility index (Phi) is 9.34. The van der Waals surface area contributed by atoms with Gasteiger partial charge in [-0.3, -0.25) is 14.4 Å². The summed E-state index contributed by atoms with van der Waals surface area (Å²) in [6.07, 6.45) is 3.87. The highest BCUT2D eigenvalue weighted by Crippen LogP contribution is 2.40. The summed E-state index contributed by atoms with van der Waals surface area (Å²) < 4.78 is 33.7. The number of carbonyl (C=O) groups excluding carboxylic acids is 3. The number of nitrogens with zero attached hydrogens (tertiary/aromatic N) is 1. The topological polar surface area (TPSA) is 99.8 Å². The van der Waals surface area contributed by atoms with E-state index in [1.165, 1.54) is 23.1 Å². The number of ether oxygens (including phenoxy) is 1. The van der Waals surface area contributed by atoms with Crippen molar-refractivity contribution in [1.29, 1.82) is 0 Å². The molecule has 2 saturated carbocycles. The molecule has 2 heterocycles. The number of amides is 3. The molecule has 1 aromatic heterocycles. The molecule has 3 amide bonds. The minimum absolute atomic E-state index is 0.0260. The molecule has 3 fully saturated rings. The van der Waals surface area contributed by atoms with Crippen LogP contribution in [-0.4, -0.2) is 56.1 Å². The molecule has 0 unspecified atom stereocenters. The third-order valence-corrected chi connectivity index (χ3v) is 9.33. The molecule has 1 saturated heterocycles. The summed E-state index contributed by atoms with van der Waals surface area (Å²) in [6, 6.07) is 6.79. The molecule has 40 heavy (non-hydrogen) atoms. The van der Waals surface area contributed by atoms with Crippen molar-refractivity contribution in [1.82, 2.24) is 10.6 Å². The van der Waals surface area contributed by atoms with Gasteiger partial charge in [0.25, 0.3) is 18.2 Å². The van der Waals surface area contributed by atoms with Gasteiger partial charge in [0.15, 0.2) is 0 Å². The fraction of sp³-hybridized carbons (Fsp3) is 0.536. The monoisotopic (exact) mass is 594 g/mol. The van der Waals surface area contributed by atoms with Crippen molar-refractivity contribution < 1.29 is 27.9 Å². The number of morpholine rings is 1. The van der Waals surface area contributed by atoms with Crippen LogP contribution >= 0.6 is 22.9 Å². The fourth-order valence-corrected chi connectivity index (χ4v) is 6.45. The average molecular weight is 595 g/mol. The second kappa shape index (κ2) is 12.9. The average Bonchev–Trinajstić information content (AvgIpc) is 3.30. The van der Waals surface area contributed by atoms with Crippen LogP contribution < -0.4 is 20.9 Å². The van der Waals surface area contributed by atoms with Crippen molar-refractivity contribution in [3.63, 3.8) is 0 Å². The molecule has 1 aliphatic heterocycles. The van der Waals surface area contributed by atoms with E-state index < -0.39 is 24.3 Å². The quantitative estimate of drug-likeness (QED) is 0.340. The number of anilines is 2. The largest absolute Gasteiger partial charge is 0.370 e. The minimum atomic E-state index is -2.85. The van der Waals surface area contributed by atoms with Gasteiger partial charge in [-0.15, -0.1) is 11.3 Å². The summed E-state index contributed by atoms with van der Waals surface area (Å²) in [5.74, 6) is -0.204. The zero-order valence-electron chi connectivity index (χ0n) is 22.0. The van der Waals surface area contributed by atoms with E-state index in [2.05, 4.69) is 16.0 Å². The van der Waals surface area contributed by atoms with Crippen LogP contribution in [0.5, 0.6) is 0 Å². The van der Waals surface area contributed by atoms with Crippen LogP contribution in [0.15, 0.2) is 30.3 Å². The molecule has 2 aliphatic carbocycles. The van der Waals surface area contributed by atoms with Crippen molar-refractivity contribution in [3.8, 4) is 0 Å². The van der Waals surface area contributed by atoms with Crippen LogP contribution in [0.1, 0.15) is 60.2 Å². The lowest BCUT2D eigenvalue weighted by atomic mass is 9.68. The number of thiophene rings is 1. The molecule has 3 aliphatic rings. The van der Waals surface area contributed by atoms with E-state index >= 15 is 0 Å². The Balaban J connectivity index is 1.33. The third-order valence-electron chi connectivity index (χ3n) is 8.10. The number of hydrogen-bond donors (Lipinski definition) is 3. The summed E-state index contributed by atoms with van der Waals surface area (Å²) in [6.45, 7) is 0.293. The SMILES string of the molecule is O=C(NC[C@H](NC(C1CCC1)C1CCC1)C(=O)Nc1ccc(N2CCOCC2=O)c(C(F)F)c1)c1ccc(Cl)s1. The van der Waals surface area contributed by atoms with Crippen LogP contribution in [0.2, 0.25) is 4.34 Å². The third kappa shape index (κ3) is 6.64. The number of halogens is 3. The Bertz CT molecular complexity index is 1220. The molecule has 8 nitrogen and oxygen atoms in total. The van der Waals surface area contributed by atoms with Gasteiger partial charge in [0, 0.05) is 30.4 Å². The second-order valence-corrected chi connectivity index (χ2v) is 12.3. The van der Waals surface area contributed by atoms with Gasteiger partial charge >= 0.3 is 0 Å². The smallest absolute Gasteiger partial charge is 0.265 e. The number of rotatable bonds is 11. The lowest BCUT2D eigenvalue weighted by molar-refractivity contribution is -0.125. The van der Waals surface area contributed by atoms with E-state index in [9.17, 15) is 23.2 Å². The van der Waals surface area contributed by atoms with Crippen molar-refractivity contribution in [2.24, 2.45) is 11.8 Å². The maximum absolute atomic E-state index is 14.0. The molecule has 12 heteroatoms. The summed E-state index contributed by atoms with van der Waals surface area (Å²) >= 11 is 7.13. The summed E-state index contributed by atoms with van der Waals surface area (Å²) in [5, 5.41) is 9.14. The van der Waals surface area contributed by atoms with Gasteiger partial charge in [-0.2, -0.15) is 0 Å². The van der Waals surface area contributed by atoms with Crippen LogP contribution in [0.3, 0.4) is 0 Å². The van der Waals surface area contributed by atoms with Crippen molar-refractivity contribution in [2.45, 2.75) is 57.0 Å². The highest BCUT2D eigenvalue weighted by molar-refractivity contribution is 7.18. The van der Waals surface area contributed by atoms with Gasteiger partial charge < -0.3 is 25.6 Å². The Morgan fingerprint density at radius 2 is 1.82 bits per heavy atom. The predicted octanol–water partition coefficient (Wildman–Crippen LogP) is 5.00. The molecule has 1 atom stereocenters. The first-order valence-corrected chi connectivity index (χ1v) is 14.9. The minimum Gasteiger partial charge on any atom is -0.370 e. The molecule has 5 rings (SSSR count). The van der Waals surface area contributed by atoms with E-state index in [1.54, 1.807) is 12.1 Å². The van der Waals surface area contributed by atoms with Gasteiger partial charge in [-0.1, -0.05) is 24.4 Å². The molecule has 0 bridgehead atoms. The highest BCUT2D eigenvalue weighted by atomic mass is 35.5. The maximum atomic E-state index is 14.0. The lowest BCUT2D eigenvalue weighted by Crippen LogP contribution is -2.57. The van der Waals surface area contributed by atoms with E-state index in [1.807, 2.05) is 0 Å². The van der Waals surface area contributed by atoms with Crippen LogP contribution in [0.4, 0.5) is 20.2 Å². The summed E-state index contributed by atoms with van der Waals surface area (Å²) in [7, 11) is 0. The van der Waals surface area contributed by atoms with Crippen LogP contribution in [0, 0.1) is 11.8 Å². The number of benzene rings is 1. The van der Waals surface area contributed by atoms with Gasteiger partial charge in [-0.25, -0.2) is 8.78 Å². The first-order chi connectivity index (χ1) is 19.3. The van der Waals surface area contributed by atoms with Crippen LogP contribution in [-0.2, 0) is 14.3 Å². The van der Waals surface area contributed by atoms with Crippen LogP contribution in [0.25, 0.3) is 0 Å². The Labute approximate surface area is 240 Å². The number of nitrogens with one attached hydrogen (secondary N) is 3. The van der Waals surface area contributed by atoms with Gasteiger partial charge in [0.1, 0.15) is 12.6 Å². The number of alkyl halides is 2. The van der Waals surface area contributed by atoms with Gasteiger partial charge in [0.05, 0.1) is 21.5 Å². The molecule has 1 aromatic carbocycles. The fourth-order valence-electron chi connectivity index (χ4n) is 5.49. The maximum Gasteiger partial charge on any atom is 0.265 e. The standard InChI is InChI=1S/C28H33ClF2N4O4S/c29-23-10-9-22(40-23)28(38)32-14-20(34-25(16-3-1-4-16)17-5-2-6-17)27(37)33-18-7-8-21(19(13-18)26(30)31)35-11-12-39-15-24(35)36/h7-10,13,16-17,20,25-26,34H,1-6,11-12,14-15H2,(H,32,38)(H,33,37)/t20-/m0/s1. The van der Waals surface area contributed by atoms with Crippen molar-refractivity contribution in [2.75, 3.05) is 36.5 Å². The molecule has 0 radical (unpaired) electrons. The Morgan fingerprint density at radius 1 is 1.10 bits per heavy atom. The van der Waals surface area contributed by atoms with E-state index in [4.69, 9.17) is 16.3 Å². The summed E-state index contributed by atoms with van der Waals surface area (Å²) in [4.78, 5) is 40.3. The number of hydrogen-bond acceptors (Lipinski definition) is 6. The van der Waals surface area contributed by atoms with Gasteiger partial charge in [0.2, 0.25) is 5.91 Å². The first kappa shape index (κ1) is 28.9. The normalized spacial score (nSPS) is 18.9. The molecule has 216 valence electrons. The Hall–Kier alpha value is -2.60. The van der Waals surface area contributed by atoms with Crippen molar-refractivity contribution >= 4 is 52.0 Å².